The van der Waals surface area contributed by atoms with Gasteiger partial charge in [-0.3, -0.25) is 9.69 Å². The van der Waals surface area contributed by atoms with Crippen molar-refractivity contribution in [2.45, 2.75) is 64.1 Å². The number of likely N-dealkylation sites (N-methyl/N-ethyl adjacent to an activating group) is 3. The number of carboxylic acids is 1. The van der Waals surface area contributed by atoms with Crippen LogP contribution in [-0.2, 0) is 4.79 Å². The fourth-order valence-electron chi connectivity index (χ4n) is 3.86. The Morgan fingerprint density at radius 1 is 1.43 bits per heavy atom. The van der Waals surface area contributed by atoms with E-state index in [1.54, 1.807) is 0 Å². The fourth-order valence-corrected chi connectivity index (χ4v) is 3.86. The van der Waals surface area contributed by atoms with Gasteiger partial charge in [-0.05, 0) is 59.8 Å². The number of nitrogens with one attached hydrogen (secondary N) is 1. The van der Waals surface area contributed by atoms with Crippen LogP contribution in [0.1, 0.15) is 46.5 Å². The lowest BCUT2D eigenvalue weighted by atomic mass is 9.78. The molecule has 0 amide bonds. The summed E-state index contributed by atoms with van der Waals surface area (Å²) < 4.78 is 0. The van der Waals surface area contributed by atoms with Crippen molar-refractivity contribution in [1.82, 2.24) is 15.1 Å². The van der Waals surface area contributed by atoms with E-state index in [9.17, 15) is 9.90 Å². The molecule has 1 rings (SSSR count). The lowest BCUT2D eigenvalue weighted by molar-refractivity contribution is -0.147. The van der Waals surface area contributed by atoms with Crippen molar-refractivity contribution in [2.24, 2.45) is 0 Å². The largest absolute Gasteiger partial charge is 0.480 e. The first-order valence-corrected chi connectivity index (χ1v) is 8.25. The molecule has 3 atom stereocenters. The summed E-state index contributed by atoms with van der Waals surface area (Å²) in [5.74, 6) is -0.689. The summed E-state index contributed by atoms with van der Waals surface area (Å²) in [5, 5.41) is 12.9. The summed E-state index contributed by atoms with van der Waals surface area (Å²) in [5.41, 5.74) is -0.733. The molecule has 3 unspecified atom stereocenters. The Kier molecular flexibility index (Phi) is 7.10. The predicted molar refractivity (Wildman–Crippen MR) is 86.7 cm³/mol. The molecular weight excluding hydrogens is 266 g/mol. The second-order valence-corrected chi connectivity index (χ2v) is 6.61. The number of aliphatic carboxylic acids is 1. The zero-order valence-corrected chi connectivity index (χ0v) is 14.4. The van der Waals surface area contributed by atoms with Crippen LogP contribution in [0.5, 0.6) is 0 Å². The molecule has 0 spiro atoms. The SMILES string of the molecule is CCNC1(C(=O)O)CCCC(N(CC)C(C)CN(C)C)C1. The topological polar surface area (TPSA) is 55.8 Å². The van der Waals surface area contributed by atoms with E-state index in [4.69, 9.17) is 0 Å². The molecule has 1 fully saturated rings. The molecule has 0 radical (unpaired) electrons. The molecular formula is C16H33N3O2. The number of nitrogens with zero attached hydrogens (tertiary/aromatic N) is 2. The molecule has 21 heavy (non-hydrogen) atoms. The van der Waals surface area contributed by atoms with Gasteiger partial charge in [-0.2, -0.15) is 0 Å². The predicted octanol–water partition coefficient (Wildman–Crippen LogP) is 1.63. The van der Waals surface area contributed by atoms with Gasteiger partial charge in [-0.25, -0.2) is 0 Å². The van der Waals surface area contributed by atoms with Gasteiger partial charge in [0.05, 0.1) is 0 Å². The third kappa shape index (κ3) is 4.66. The van der Waals surface area contributed by atoms with Gasteiger partial charge in [0.15, 0.2) is 0 Å². The normalized spacial score (nSPS) is 28.0. The Balaban J connectivity index is 2.83. The second kappa shape index (κ2) is 8.11. The summed E-state index contributed by atoms with van der Waals surface area (Å²) in [6.07, 6.45) is 3.54. The monoisotopic (exact) mass is 299 g/mol. The minimum Gasteiger partial charge on any atom is -0.480 e. The molecule has 0 bridgehead atoms. The van der Waals surface area contributed by atoms with E-state index in [0.29, 0.717) is 25.0 Å². The molecule has 0 aliphatic heterocycles. The van der Waals surface area contributed by atoms with Crippen LogP contribution in [0.2, 0.25) is 0 Å². The Morgan fingerprint density at radius 2 is 2.10 bits per heavy atom. The van der Waals surface area contributed by atoms with E-state index in [1.165, 1.54) is 0 Å². The van der Waals surface area contributed by atoms with Crippen molar-refractivity contribution in [3.05, 3.63) is 0 Å². The van der Waals surface area contributed by atoms with Gasteiger partial charge in [0.2, 0.25) is 0 Å². The van der Waals surface area contributed by atoms with Crippen molar-refractivity contribution >= 4 is 5.97 Å². The molecule has 5 nitrogen and oxygen atoms in total. The van der Waals surface area contributed by atoms with Crippen LogP contribution < -0.4 is 5.32 Å². The summed E-state index contributed by atoms with van der Waals surface area (Å²) >= 11 is 0. The quantitative estimate of drug-likeness (QED) is 0.713. The summed E-state index contributed by atoms with van der Waals surface area (Å²) in [4.78, 5) is 16.5. The Bertz CT molecular complexity index is 331. The molecule has 1 aliphatic rings. The Hall–Kier alpha value is -0.650. The minimum atomic E-state index is -0.733. The molecule has 0 saturated heterocycles. The van der Waals surface area contributed by atoms with Gasteiger partial charge in [-0.15, -0.1) is 0 Å². The summed E-state index contributed by atoms with van der Waals surface area (Å²) in [6.45, 7) is 9.09. The first-order valence-electron chi connectivity index (χ1n) is 8.25. The lowest BCUT2D eigenvalue weighted by Crippen LogP contribution is -2.59. The molecule has 124 valence electrons. The maximum atomic E-state index is 11.8. The highest BCUT2D eigenvalue weighted by Gasteiger charge is 2.44. The second-order valence-electron chi connectivity index (χ2n) is 6.61. The molecule has 1 saturated carbocycles. The number of hydrogen-bond donors (Lipinski definition) is 2. The number of carboxylic acid groups (broad SMARTS) is 1. The van der Waals surface area contributed by atoms with E-state index in [1.807, 2.05) is 6.92 Å². The molecule has 5 heteroatoms. The van der Waals surface area contributed by atoms with Crippen molar-refractivity contribution in [2.75, 3.05) is 33.7 Å². The smallest absolute Gasteiger partial charge is 0.323 e. The number of rotatable bonds is 8. The van der Waals surface area contributed by atoms with Gasteiger partial charge in [0.1, 0.15) is 5.54 Å². The summed E-state index contributed by atoms with van der Waals surface area (Å²) in [6, 6.07) is 0.801. The Labute approximate surface area is 129 Å². The van der Waals surface area contributed by atoms with E-state index >= 15 is 0 Å². The molecule has 0 aromatic rings. The molecule has 0 aromatic carbocycles. The number of hydrogen-bond acceptors (Lipinski definition) is 4. The third-order valence-electron chi connectivity index (χ3n) is 4.68. The highest BCUT2D eigenvalue weighted by Crippen LogP contribution is 2.32. The zero-order chi connectivity index (χ0) is 16.0. The van der Waals surface area contributed by atoms with E-state index in [2.05, 4.69) is 43.1 Å². The van der Waals surface area contributed by atoms with Crippen molar-refractivity contribution in [1.29, 1.82) is 0 Å². The highest BCUT2D eigenvalue weighted by atomic mass is 16.4. The fraction of sp³-hybridized carbons (Fsp3) is 0.938. The van der Waals surface area contributed by atoms with Crippen LogP contribution in [0.4, 0.5) is 0 Å². The minimum absolute atomic E-state index is 0.355. The van der Waals surface area contributed by atoms with Gasteiger partial charge in [0, 0.05) is 18.6 Å². The lowest BCUT2D eigenvalue weighted by Gasteiger charge is -2.45. The van der Waals surface area contributed by atoms with Crippen LogP contribution in [0.3, 0.4) is 0 Å². The third-order valence-corrected chi connectivity index (χ3v) is 4.68. The molecule has 0 heterocycles. The van der Waals surface area contributed by atoms with Crippen molar-refractivity contribution in [3.63, 3.8) is 0 Å². The van der Waals surface area contributed by atoms with Gasteiger partial charge < -0.3 is 15.3 Å². The number of carbonyl (C=O) groups is 1. The van der Waals surface area contributed by atoms with E-state index < -0.39 is 11.5 Å². The van der Waals surface area contributed by atoms with Crippen LogP contribution >= 0.6 is 0 Å². The Morgan fingerprint density at radius 3 is 2.57 bits per heavy atom. The maximum Gasteiger partial charge on any atom is 0.323 e. The van der Waals surface area contributed by atoms with Crippen molar-refractivity contribution in [3.8, 4) is 0 Å². The van der Waals surface area contributed by atoms with E-state index in [0.717, 1.165) is 32.4 Å². The van der Waals surface area contributed by atoms with Gasteiger partial charge in [0.25, 0.3) is 0 Å². The first kappa shape index (κ1) is 18.4. The molecule has 0 aromatic heterocycles. The van der Waals surface area contributed by atoms with Gasteiger partial charge in [-0.1, -0.05) is 13.8 Å². The zero-order valence-electron chi connectivity index (χ0n) is 14.4. The van der Waals surface area contributed by atoms with Crippen LogP contribution in [-0.4, -0.2) is 72.2 Å². The highest BCUT2D eigenvalue weighted by molar-refractivity contribution is 5.79. The van der Waals surface area contributed by atoms with Gasteiger partial charge >= 0.3 is 5.97 Å². The standard InChI is InChI=1S/C16H33N3O2/c1-6-17-16(15(20)21)10-8-9-14(11-16)19(7-2)13(3)12-18(4)5/h13-14,17H,6-12H2,1-5H3,(H,20,21). The average molecular weight is 299 g/mol. The molecule has 2 N–H and O–H groups in total. The average Bonchev–Trinajstić information content (AvgIpc) is 2.39. The first-order chi connectivity index (χ1) is 9.86. The molecule has 1 aliphatic carbocycles. The van der Waals surface area contributed by atoms with Crippen molar-refractivity contribution < 1.29 is 9.90 Å². The van der Waals surface area contributed by atoms with E-state index in [-0.39, 0.29) is 0 Å². The summed E-state index contributed by atoms with van der Waals surface area (Å²) in [7, 11) is 4.18. The van der Waals surface area contributed by atoms with Crippen LogP contribution in [0, 0.1) is 0 Å². The van der Waals surface area contributed by atoms with Crippen LogP contribution in [0.25, 0.3) is 0 Å². The maximum absolute atomic E-state index is 11.8. The van der Waals surface area contributed by atoms with Crippen LogP contribution in [0.15, 0.2) is 0 Å².